The van der Waals surface area contributed by atoms with Crippen LogP contribution >= 0.6 is 0 Å². The first kappa shape index (κ1) is 20.3. The van der Waals surface area contributed by atoms with E-state index in [4.69, 9.17) is 13.4 Å². The van der Waals surface area contributed by atoms with Crippen LogP contribution in [-0.4, -0.2) is 36.7 Å². The number of ether oxygens (including phenoxy) is 1. The normalized spacial score (nSPS) is 14.6. The molecule has 152 valence electrons. The van der Waals surface area contributed by atoms with Gasteiger partial charge in [0.2, 0.25) is 0 Å². The predicted octanol–water partition coefficient (Wildman–Crippen LogP) is 3.18. The minimum absolute atomic E-state index is 0.0749. The van der Waals surface area contributed by atoms with Gasteiger partial charge in [-0.2, -0.15) is 8.42 Å². The molecule has 0 spiro atoms. The van der Waals surface area contributed by atoms with Crippen LogP contribution in [-0.2, 0) is 38.6 Å². The Bertz CT molecular complexity index is 957. The summed E-state index contributed by atoms with van der Waals surface area (Å²) < 4.78 is 40.6. The van der Waals surface area contributed by atoms with Crippen molar-refractivity contribution in [3.05, 3.63) is 46.8 Å². The van der Waals surface area contributed by atoms with Crippen molar-refractivity contribution in [1.82, 2.24) is 10.1 Å². The molecular weight excluding hydrogens is 384 g/mol. The van der Waals surface area contributed by atoms with Crippen molar-refractivity contribution < 1.29 is 26.7 Å². The zero-order chi connectivity index (χ0) is 20.5. The van der Waals surface area contributed by atoms with Crippen LogP contribution in [0.15, 0.2) is 33.7 Å². The van der Waals surface area contributed by atoms with Gasteiger partial charge in [0.05, 0.1) is 11.4 Å². The molecule has 0 radical (unpaired) electrons. The minimum atomic E-state index is -3.92. The summed E-state index contributed by atoms with van der Waals surface area (Å²) in [7, 11) is -3.92. The van der Waals surface area contributed by atoms with Crippen LogP contribution in [0, 0.1) is 6.92 Å². The molecule has 0 aliphatic carbocycles. The highest BCUT2D eigenvalue weighted by Crippen LogP contribution is 2.25. The van der Waals surface area contributed by atoms with E-state index in [1.807, 2.05) is 6.92 Å². The van der Waals surface area contributed by atoms with Gasteiger partial charge in [-0.15, -0.1) is 0 Å². The van der Waals surface area contributed by atoms with Crippen molar-refractivity contribution in [2.45, 2.75) is 57.8 Å². The largest absolute Gasteiger partial charge is 0.444 e. The summed E-state index contributed by atoms with van der Waals surface area (Å²) in [6.07, 6.45) is 0.0465. The van der Waals surface area contributed by atoms with Crippen LogP contribution < -0.4 is 0 Å². The van der Waals surface area contributed by atoms with Gasteiger partial charge in [-0.05, 0) is 39.8 Å². The van der Waals surface area contributed by atoms with Crippen molar-refractivity contribution in [3.63, 3.8) is 0 Å². The van der Waals surface area contributed by atoms with Gasteiger partial charge in [0.15, 0.2) is 0 Å². The summed E-state index contributed by atoms with van der Waals surface area (Å²) in [5, 5.41) is 3.93. The zero-order valence-corrected chi connectivity index (χ0v) is 17.2. The van der Waals surface area contributed by atoms with E-state index in [0.29, 0.717) is 30.0 Å². The molecule has 0 saturated heterocycles. The summed E-state index contributed by atoms with van der Waals surface area (Å²) in [5.41, 5.74) is 1.38. The van der Waals surface area contributed by atoms with Crippen LogP contribution in [0.2, 0.25) is 0 Å². The van der Waals surface area contributed by atoms with Crippen LogP contribution in [0.5, 0.6) is 0 Å². The number of rotatable bonds is 4. The highest BCUT2D eigenvalue weighted by atomic mass is 32.2. The summed E-state index contributed by atoms with van der Waals surface area (Å²) in [4.78, 5) is 13.9. The summed E-state index contributed by atoms with van der Waals surface area (Å²) >= 11 is 0. The molecular formula is C19H24N2O6S. The molecule has 3 rings (SSSR count). The molecule has 8 nitrogen and oxygen atoms in total. The van der Waals surface area contributed by atoms with Gasteiger partial charge >= 0.3 is 6.09 Å². The molecule has 0 unspecified atom stereocenters. The molecule has 0 saturated carbocycles. The molecule has 0 fully saturated rings. The molecule has 0 bridgehead atoms. The Labute approximate surface area is 164 Å². The maximum atomic E-state index is 12.4. The van der Waals surface area contributed by atoms with Crippen molar-refractivity contribution in [2.75, 3.05) is 6.54 Å². The maximum absolute atomic E-state index is 12.4. The molecule has 1 aromatic carbocycles. The summed E-state index contributed by atoms with van der Waals surface area (Å²) in [5.74, 6) is 0.631. The first-order chi connectivity index (χ1) is 13.0. The van der Waals surface area contributed by atoms with E-state index in [0.717, 1.165) is 5.56 Å². The van der Waals surface area contributed by atoms with Gasteiger partial charge in [0.25, 0.3) is 10.1 Å². The minimum Gasteiger partial charge on any atom is -0.444 e. The predicted molar refractivity (Wildman–Crippen MR) is 100 cm³/mol. The molecule has 2 heterocycles. The van der Waals surface area contributed by atoms with E-state index < -0.39 is 21.8 Å². The molecule has 28 heavy (non-hydrogen) atoms. The van der Waals surface area contributed by atoms with Crippen molar-refractivity contribution in [2.24, 2.45) is 0 Å². The molecule has 1 aliphatic rings. The number of amides is 1. The van der Waals surface area contributed by atoms with Gasteiger partial charge in [-0.25, -0.2) is 4.79 Å². The number of aromatic nitrogens is 1. The topological polar surface area (TPSA) is 98.9 Å². The number of hydrogen-bond donors (Lipinski definition) is 0. The number of carbonyl (C=O) groups excluding carboxylic acids is 1. The molecule has 1 aromatic heterocycles. The number of fused-ring (bicyclic) bond motifs is 1. The Kier molecular flexibility index (Phi) is 5.49. The monoisotopic (exact) mass is 408 g/mol. The second-order valence-electron chi connectivity index (χ2n) is 7.71. The van der Waals surface area contributed by atoms with Crippen molar-refractivity contribution in [3.8, 4) is 0 Å². The Morgan fingerprint density at radius 2 is 1.93 bits per heavy atom. The van der Waals surface area contributed by atoms with E-state index in [1.165, 1.54) is 12.1 Å². The third-order valence-corrected chi connectivity index (χ3v) is 5.50. The van der Waals surface area contributed by atoms with E-state index in [2.05, 4.69) is 5.16 Å². The summed E-state index contributed by atoms with van der Waals surface area (Å²) in [6.45, 7) is 7.68. The highest BCUT2D eigenvalue weighted by molar-refractivity contribution is 7.86. The van der Waals surface area contributed by atoms with Crippen molar-refractivity contribution >= 4 is 16.2 Å². The fourth-order valence-electron chi connectivity index (χ4n) is 2.77. The SMILES string of the molecule is Cc1ccc(S(=O)(=O)OCc2noc3c2CN(C(=O)OC(C)(C)C)CC3)cc1. The zero-order valence-electron chi connectivity index (χ0n) is 16.4. The Balaban J connectivity index is 1.70. The number of nitrogens with zero attached hydrogens (tertiary/aromatic N) is 2. The third-order valence-electron chi connectivity index (χ3n) is 4.22. The number of hydrogen-bond acceptors (Lipinski definition) is 7. The van der Waals surface area contributed by atoms with Crippen molar-refractivity contribution in [1.29, 1.82) is 0 Å². The Hall–Kier alpha value is -2.39. The van der Waals surface area contributed by atoms with Crippen LogP contribution in [0.4, 0.5) is 4.79 Å². The average Bonchev–Trinajstić information content (AvgIpc) is 3.01. The van der Waals surface area contributed by atoms with Gasteiger partial charge in [-0.1, -0.05) is 22.9 Å². The molecule has 2 aromatic rings. The van der Waals surface area contributed by atoms with E-state index in [-0.39, 0.29) is 18.0 Å². The number of benzene rings is 1. The first-order valence-corrected chi connectivity index (χ1v) is 10.4. The lowest BCUT2D eigenvalue weighted by Gasteiger charge is -2.29. The first-order valence-electron chi connectivity index (χ1n) is 8.95. The second kappa shape index (κ2) is 7.56. The van der Waals surface area contributed by atoms with Gasteiger partial charge in [-0.3, -0.25) is 4.18 Å². The Morgan fingerprint density at radius 3 is 2.57 bits per heavy atom. The third kappa shape index (κ3) is 4.71. The average molecular weight is 408 g/mol. The standard InChI is InChI=1S/C19H24N2O6S/c1-13-5-7-14(8-6-13)28(23,24)25-12-16-15-11-21(10-9-17(15)27-20-16)18(22)26-19(2,3)4/h5-8H,9-12H2,1-4H3. The van der Waals surface area contributed by atoms with Gasteiger partial charge < -0.3 is 14.2 Å². The quantitative estimate of drug-likeness (QED) is 0.717. The summed E-state index contributed by atoms with van der Waals surface area (Å²) in [6, 6.07) is 6.39. The lowest BCUT2D eigenvalue weighted by molar-refractivity contribution is 0.0218. The second-order valence-corrected chi connectivity index (χ2v) is 9.33. The smallest absolute Gasteiger partial charge is 0.410 e. The van der Waals surface area contributed by atoms with Crippen LogP contribution in [0.25, 0.3) is 0 Å². The van der Waals surface area contributed by atoms with Gasteiger partial charge in [0.1, 0.15) is 23.7 Å². The maximum Gasteiger partial charge on any atom is 0.410 e. The molecule has 1 amide bonds. The lowest BCUT2D eigenvalue weighted by Crippen LogP contribution is -2.39. The highest BCUT2D eigenvalue weighted by Gasteiger charge is 2.30. The molecule has 9 heteroatoms. The van der Waals surface area contributed by atoms with E-state index in [1.54, 1.807) is 37.8 Å². The van der Waals surface area contributed by atoms with Gasteiger partial charge in [0, 0.05) is 18.5 Å². The Morgan fingerprint density at radius 1 is 1.25 bits per heavy atom. The van der Waals surface area contributed by atoms with Crippen LogP contribution in [0.3, 0.4) is 0 Å². The van der Waals surface area contributed by atoms with Crippen LogP contribution in [0.1, 0.15) is 43.4 Å². The fraction of sp³-hybridized carbons (Fsp3) is 0.474. The molecule has 0 N–H and O–H groups in total. The fourth-order valence-corrected chi connectivity index (χ4v) is 3.64. The number of aryl methyl sites for hydroxylation is 1. The van der Waals surface area contributed by atoms with E-state index in [9.17, 15) is 13.2 Å². The molecule has 0 atom stereocenters. The number of carbonyl (C=O) groups is 1. The molecule has 1 aliphatic heterocycles. The van der Waals surface area contributed by atoms with E-state index >= 15 is 0 Å². The lowest BCUT2D eigenvalue weighted by atomic mass is 10.1.